The van der Waals surface area contributed by atoms with Gasteiger partial charge in [0.15, 0.2) is 0 Å². The van der Waals surface area contributed by atoms with Gasteiger partial charge in [-0.25, -0.2) is 4.79 Å². The number of H-pyrrole nitrogens is 1. The third kappa shape index (κ3) is 3.26. The fraction of sp³-hybridized carbons (Fsp3) is 0.200. The number of nitrogens with zero attached hydrogens (tertiary/aromatic N) is 2. The fourth-order valence-electron chi connectivity index (χ4n) is 2.27. The van der Waals surface area contributed by atoms with Crippen molar-refractivity contribution in [3.8, 4) is 0 Å². The molecule has 0 atom stereocenters. The summed E-state index contributed by atoms with van der Waals surface area (Å²) in [7, 11) is 0. The summed E-state index contributed by atoms with van der Waals surface area (Å²) in [6.45, 7) is 1.74. The Hall–Kier alpha value is -1.83. The normalized spacial score (nSPS) is 13.7. The van der Waals surface area contributed by atoms with Gasteiger partial charge in [-0.2, -0.15) is 5.10 Å². The maximum atomic E-state index is 12.1. The zero-order valence-corrected chi connectivity index (χ0v) is 13.5. The van der Waals surface area contributed by atoms with Crippen LogP contribution in [0.25, 0.3) is 6.08 Å². The van der Waals surface area contributed by atoms with Gasteiger partial charge in [0.2, 0.25) is 0 Å². The lowest BCUT2D eigenvalue weighted by Crippen LogP contribution is -2.36. The van der Waals surface area contributed by atoms with Crippen LogP contribution in [0.4, 0.5) is 4.79 Å². The number of carbonyl (C=O) groups is 1. The van der Waals surface area contributed by atoms with Crippen molar-refractivity contribution in [1.82, 2.24) is 20.4 Å². The van der Waals surface area contributed by atoms with Gasteiger partial charge in [0.25, 0.3) is 0 Å². The van der Waals surface area contributed by atoms with Crippen LogP contribution in [0.2, 0.25) is 0 Å². The van der Waals surface area contributed by atoms with E-state index in [-0.39, 0.29) is 6.03 Å². The smallest absolute Gasteiger partial charge is 0.318 e. The standard InChI is InChI=1S/C15H15IN4O/c16-14-12-9-20(10-13(12)18-19-14)15(21)17-8-4-7-11-5-2-1-3-6-11/h1-7H,8-10H2,(H,17,21)(H,18,19)/b7-4+. The highest BCUT2D eigenvalue weighted by Crippen LogP contribution is 2.24. The second kappa shape index (κ2) is 6.30. The second-order valence-corrected chi connectivity index (χ2v) is 5.85. The first kappa shape index (κ1) is 14.1. The lowest BCUT2D eigenvalue weighted by atomic mass is 10.2. The molecule has 0 saturated heterocycles. The quantitative estimate of drug-likeness (QED) is 0.787. The molecule has 0 spiro atoms. The summed E-state index contributed by atoms with van der Waals surface area (Å²) in [6, 6.07) is 9.98. The summed E-state index contributed by atoms with van der Waals surface area (Å²) in [6.07, 6.45) is 3.95. The molecule has 3 rings (SSSR count). The SMILES string of the molecule is O=C(NC/C=C/c1ccccc1)N1Cc2[nH]nc(I)c2C1. The summed E-state index contributed by atoms with van der Waals surface area (Å²) in [4.78, 5) is 13.9. The molecule has 108 valence electrons. The Morgan fingerprint density at radius 1 is 1.38 bits per heavy atom. The Bertz CT molecular complexity index is 666. The molecule has 0 saturated carbocycles. The van der Waals surface area contributed by atoms with Crippen LogP contribution >= 0.6 is 22.6 Å². The zero-order valence-electron chi connectivity index (χ0n) is 11.3. The molecular weight excluding hydrogens is 379 g/mol. The maximum absolute atomic E-state index is 12.1. The average Bonchev–Trinajstić information content (AvgIpc) is 3.07. The highest BCUT2D eigenvalue weighted by molar-refractivity contribution is 14.1. The lowest BCUT2D eigenvalue weighted by Gasteiger charge is -2.15. The Labute approximate surface area is 136 Å². The molecule has 0 fully saturated rings. The first-order chi connectivity index (χ1) is 10.2. The number of aromatic amines is 1. The number of fused-ring (bicyclic) bond motifs is 1. The van der Waals surface area contributed by atoms with Gasteiger partial charge in [0.05, 0.1) is 18.8 Å². The number of amides is 2. The monoisotopic (exact) mass is 394 g/mol. The molecule has 5 nitrogen and oxygen atoms in total. The first-order valence-electron chi connectivity index (χ1n) is 6.70. The molecule has 21 heavy (non-hydrogen) atoms. The summed E-state index contributed by atoms with van der Waals surface area (Å²) in [5, 5.41) is 10.0. The van der Waals surface area contributed by atoms with Crippen LogP contribution in [-0.4, -0.2) is 27.7 Å². The van der Waals surface area contributed by atoms with Gasteiger partial charge in [0, 0.05) is 12.1 Å². The van der Waals surface area contributed by atoms with E-state index in [2.05, 4.69) is 38.1 Å². The number of benzene rings is 1. The van der Waals surface area contributed by atoms with E-state index in [1.807, 2.05) is 42.5 Å². The Morgan fingerprint density at radius 2 is 2.19 bits per heavy atom. The number of urea groups is 1. The maximum Gasteiger partial charge on any atom is 0.318 e. The minimum absolute atomic E-state index is 0.0480. The number of aromatic nitrogens is 2. The van der Waals surface area contributed by atoms with E-state index in [1.165, 1.54) is 0 Å². The van der Waals surface area contributed by atoms with Gasteiger partial charge in [-0.3, -0.25) is 5.10 Å². The molecule has 0 bridgehead atoms. The summed E-state index contributed by atoms with van der Waals surface area (Å²) in [5.74, 6) is 0. The van der Waals surface area contributed by atoms with E-state index in [0.717, 1.165) is 20.5 Å². The van der Waals surface area contributed by atoms with Crippen molar-refractivity contribution in [1.29, 1.82) is 0 Å². The van der Waals surface area contributed by atoms with E-state index in [0.29, 0.717) is 19.6 Å². The third-order valence-corrected chi connectivity index (χ3v) is 4.26. The minimum atomic E-state index is -0.0480. The van der Waals surface area contributed by atoms with Gasteiger partial charge in [-0.1, -0.05) is 42.5 Å². The van der Waals surface area contributed by atoms with E-state index in [9.17, 15) is 4.79 Å². The van der Waals surface area contributed by atoms with E-state index >= 15 is 0 Å². The topological polar surface area (TPSA) is 61.0 Å². The second-order valence-electron chi connectivity index (χ2n) is 4.83. The van der Waals surface area contributed by atoms with Crippen molar-refractivity contribution < 1.29 is 4.79 Å². The van der Waals surface area contributed by atoms with Gasteiger partial charge in [-0.15, -0.1) is 0 Å². The molecule has 1 aliphatic rings. The van der Waals surface area contributed by atoms with Gasteiger partial charge in [0.1, 0.15) is 3.70 Å². The zero-order chi connectivity index (χ0) is 14.7. The van der Waals surface area contributed by atoms with Gasteiger partial charge < -0.3 is 10.2 Å². The number of carbonyl (C=O) groups excluding carboxylic acids is 1. The minimum Gasteiger partial charge on any atom is -0.334 e. The van der Waals surface area contributed by atoms with Crippen molar-refractivity contribution in [3.05, 3.63) is 56.9 Å². The van der Waals surface area contributed by atoms with Crippen molar-refractivity contribution >= 4 is 34.7 Å². The molecule has 0 unspecified atom stereocenters. The molecule has 2 amide bonds. The van der Waals surface area contributed by atoms with E-state index in [1.54, 1.807) is 4.90 Å². The third-order valence-electron chi connectivity index (χ3n) is 3.37. The van der Waals surface area contributed by atoms with Crippen LogP contribution in [-0.2, 0) is 13.1 Å². The molecule has 1 aromatic heterocycles. The number of halogens is 1. The summed E-state index contributed by atoms with van der Waals surface area (Å²) < 4.78 is 0.946. The van der Waals surface area contributed by atoms with Crippen LogP contribution in [0.1, 0.15) is 16.8 Å². The molecule has 0 radical (unpaired) electrons. The molecule has 0 aliphatic carbocycles. The molecule has 1 aromatic carbocycles. The number of hydrogen-bond donors (Lipinski definition) is 2. The van der Waals surface area contributed by atoms with Crippen LogP contribution in [0.3, 0.4) is 0 Å². The molecule has 2 heterocycles. The summed E-state index contributed by atoms with van der Waals surface area (Å²) in [5.41, 5.74) is 3.29. The Morgan fingerprint density at radius 3 is 2.95 bits per heavy atom. The molecule has 6 heteroatoms. The van der Waals surface area contributed by atoms with Crippen molar-refractivity contribution in [2.75, 3.05) is 6.54 Å². The van der Waals surface area contributed by atoms with Crippen molar-refractivity contribution in [2.45, 2.75) is 13.1 Å². The van der Waals surface area contributed by atoms with Gasteiger partial charge >= 0.3 is 6.03 Å². The van der Waals surface area contributed by atoms with Crippen LogP contribution in [0.5, 0.6) is 0 Å². The molecule has 2 aromatic rings. The molecule has 2 N–H and O–H groups in total. The van der Waals surface area contributed by atoms with Crippen LogP contribution in [0, 0.1) is 3.70 Å². The fourth-order valence-corrected chi connectivity index (χ4v) is 2.88. The van der Waals surface area contributed by atoms with Crippen molar-refractivity contribution in [3.63, 3.8) is 0 Å². The number of nitrogens with one attached hydrogen (secondary N) is 2. The van der Waals surface area contributed by atoms with Crippen LogP contribution in [0.15, 0.2) is 36.4 Å². The van der Waals surface area contributed by atoms with Crippen molar-refractivity contribution in [2.24, 2.45) is 0 Å². The first-order valence-corrected chi connectivity index (χ1v) is 7.78. The highest BCUT2D eigenvalue weighted by Gasteiger charge is 2.26. The Kier molecular flexibility index (Phi) is 4.23. The molecular formula is C15H15IN4O. The van der Waals surface area contributed by atoms with E-state index in [4.69, 9.17) is 0 Å². The predicted octanol–water partition coefficient (Wildman–Crippen LogP) is 2.75. The molecule has 1 aliphatic heterocycles. The average molecular weight is 394 g/mol. The highest BCUT2D eigenvalue weighted by atomic mass is 127. The summed E-state index contributed by atoms with van der Waals surface area (Å²) >= 11 is 2.18. The van der Waals surface area contributed by atoms with E-state index < -0.39 is 0 Å². The largest absolute Gasteiger partial charge is 0.334 e. The lowest BCUT2D eigenvalue weighted by molar-refractivity contribution is 0.199. The number of rotatable bonds is 3. The Balaban J connectivity index is 1.49. The van der Waals surface area contributed by atoms with Gasteiger partial charge in [-0.05, 0) is 28.2 Å². The number of hydrogen-bond acceptors (Lipinski definition) is 2. The predicted molar refractivity (Wildman–Crippen MR) is 89.4 cm³/mol. The van der Waals surface area contributed by atoms with Crippen LogP contribution < -0.4 is 5.32 Å².